The summed E-state index contributed by atoms with van der Waals surface area (Å²) in [6.45, 7) is 4.37. The van der Waals surface area contributed by atoms with Crippen LogP contribution in [0.3, 0.4) is 0 Å². The van der Waals surface area contributed by atoms with E-state index in [4.69, 9.17) is 4.74 Å². The lowest BCUT2D eigenvalue weighted by atomic mass is 10.1. The maximum atomic E-state index is 12.3. The Morgan fingerprint density at radius 1 is 1.03 bits per heavy atom. The van der Waals surface area contributed by atoms with Gasteiger partial charge in [-0.25, -0.2) is 18.1 Å². The molecule has 1 saturated carbocycles. The molecule has 2 aromatic carbocycles. The summed E-state index contributed by atoms with van der Waals surface area (Å²) in [6.07, 6.45) is 4.33. The SMILES string of the molecule is Cc1ccc(C)c(Oc2ccc(CNC(=O)CCc3ccc(S(=O)(=O)NC4CC4)cc3)cn2)c1. The quantitative estimate of drug-likeness (QED) is 0.455. The molecule has 1 aliphatic carbocycles. The van der Waals surface area contributed by atoms with Gasteiger partial charge in [0.1, 0.15) is 5.75 Å². The zero-order valence-corrected chi connectivity index (χ0v) is 20.2. The van der Waals surface area contributed by atoms with Gasteiger partial charge >= 0.3 is 0 Å². The van der Waals surface area contributed by atoms with E-state index in [2.05, 4.69) is 15.0 Å². The number of pyridine rings is 1. The van der Waals surface area contributed by atoms with Crippen LogP contribution in [0.2, 0.25) is 0 Å². The molecule has 1 fully saturated rings. The van der Waals surface area contributed by atoms with Crippen molar-refractivity contribution in [2.24, 2.45) is 0 Å². The van der Waals surface area contributed by atoms with Crippen molar-refractivity contribution < 1.29 is 17.9 Å². The summed E-state index contributed by atoms with van der Waals surface area (Å²) < 4.78 is 33.0. The summed E-state index contributed by atoms with van der Waals surface area (Å²) in [5.41, 5.74) is 3.94. The van der Waals surface area contributed by atoms with Crippen molar-refractivity contribution >= 4 is 15.9 Å². The van der Waals surface area contributed by atoms with Crippen LogP contribution in [0.15, 0.2) is 65.7 Å². The first-order valence-electron chi connectivity index (χ1n) is 11.4. The van der Waals surface area contributed by atoms with E-state index in [1.807, 2.05) is 38.1 Å². The minimum atomic E-state index is -3.45. The highest BCUT2D eigenvalue weighted by Crippen LogP contribution is 2.25. The van der Waals surface area contributed by atoms with Crippen LogP contribution in [0.4, 0.5) is 0 Å². The average molecular weight is 480 g/mol. The normalized spacial score (nSPS) is 13.5. The molecular formula is C26H29N3O4S. The largest absolute Gasteiger partial charge is 0.439 e. The number of carbonyl (C=O) groups is 1. The number of aromatic nitrogens is 1. The second-order valence-electron chi connectivity index (χ2n) is 8.69. The second kappa shape index (κ2) is 10.4. The molecule has 0 atom stereocenters. The minimum Gasteiger partial charge on any atom is -0.439 e. The predicted molar refractivity (Wildman–Crippen MR) is 130 cm³/mol. The highest BCUT2D eigenvalue weighted by Gasteiger charge is 2.27. The molecule has 1 amide bonds. The summed E-state index contributed by atoms with van der Waals surface area (Å²) in [5, 5.41) is 2.89. The van der Waals surface area contributed by atoms with Crippen molar-refractivity contribution in [2.45, 2.75) is 57.0 Å². The van der Waals surface area contributed by atoms with E-state index in [1.54, 1.807) is 36.5 Å². The molecule has 1 aliphatic rings. The molecule has 178 valence electrons. The third kappa shape index (κ3) is 6.65. The number of carbonyl (C=O) groups excluding carboxylic acids is 1. The Morgan fingerprint density at radius 2 is 1.76 bits per heavy atom. The topological polar surface area (TPSA) is 97.4 Å². The minimum absolute atomic E-state index is 0.0737. The second-order valence-corrected chi connectivity index (χ2v) is 10.4. The van der Waals surface area contributed by atoms with E-state index in [0.29, 0.717) is 25.3 Å². The Balaban J connectivity index is 1.23. The first-order valence-corrected chi connectivity index (χ1v) is 12.8. The maximum Gasteiger partial charge on any atom is 0.240 e. The Hall–Kier alpha value is -3.23. The lowest BCUT2D eigenvalue weighted by Gasteiger charge is -2.10. The van der Waals surface area contributed by atoms with Crippen molar-refractivity contribution in [3.63, 3.8) is 0 Å². The van der Waals surface area contributed by atoms with Gasteiger partial charge in [-0.2, -0.15) is 0 Å². The van der Waals surface area contributed by atoms with Crippen LogP contribution in [0.5, 0.6) is 11.6 Å². The highest BCUT2D eigenvalue weighted by molar-refractivity contribution is 7.89. The third-order valence-corrected chi connectivity index (χ3v) is 7.16. The molecule has 8 heteroatoms. The molecule has 0 unspecified atom stereocenters. The predicted octanol–water partition coefficient (Wildman–Crippen LogP) is 4.18. The van der Waals surface area contributed by atoms with Crippen molar-refractivity contribution in [3.8, 4) is 11.6 Å². The van der Waals surface area contributed by atoms with Crippen LogP contribution in [0.25, 0.3) is 0 Å². The van der Waals surface area contributed by atoms with E-state index in [9.17, 15) is 13.2 Å². The standard InChI is InChI=1S/C26H29N3O4S/c1-18-3-4-19(2)24(15-18)33-26-14-8-21(17-28-26)16-27-25(30)13-7-20-5-11-23(12-6-20)34(31,32)29-22-9-10-22/h3-6,8,11-12,14-15,17,22,29H,7,9-10,13,16H2,1-2H3,(H,27,30). The van der Waals surface area contributed by atoms with Gasteiger partial charge in [0.05, 0.1) is 4.90 Å². The Morgan fingerprint density at radius 3 is 2.44 bits per heavy atom. The number of hydrogen-bond donors (Lipinski definition) is 2. The van der Waals surface area contributed by atoms with Gasteiger partial charge in [0.15, 0.2) is 0 Å². The molecule has 0 bridgehead atoms. The summed E-state index contributed by atoms with van der Waals surface area (Å²) >= 11 is 0. The summed E-state index contributed by atoms with van der Waals surface area (Å²) in [6, 6.07) is 16.5. The molecule has 1 heterocycles. The van der Waals surface area contributed by atoms with Crippen LogP contribution >= 0.6 is 0 Å². The number of rotatable bonds is 10. The van der Waals surface area contributed by atoms with Gasteiger partial charge in [0.2, 0.25) is 21.8 Å². The zero-order valence-electron chi connectivity index (χ0n) is 19.4. The number of nitrogens with one attached hydrogen (secondary N) is 2. The summed E-state index contributed by atoms with van der Waals surface area (Å²) in [4.78, 5) is 16.9. The maximum absolute atomic E-state index is 12.3. The molecule has 2 N–H and O–H groups in total. The van der Waals surface area contributed by atoms with E-state index in [-0.39, 0.29) is 16.8 Å². The molecule has 0 saturated heterocycles. The Labute approximate surface area is 200 Å². The van der Waals surface area contributed by atoms with E-state index >= 15 is 0 Å². The molecule has 0 spiro atoms. The number of ether oxygens (including phenoxy) is 1. The Bertz CT molecular complexity index is 1250. The highest BCUT2D eigenvalue weighted by atomic mass is 32.2. The monoisotopic (exact) mass is 479 g/mol. The van der Waals surface area contributed by atoms with Gasteiger partial charge in [-0.15, -0.1) is 0 Å². The van der Waals surface area contributed by atoms with Crippen molar-refractivity contribution in [1.82, 2.24) is 15.0 Å². The molecule has 0 aliphatic heterocycles. The number of benzene rings is 2. The van der Waals surface area contributed by atoms with Crippen molar-refractivity contribution in [3.05, 3.63) is 83.0 Å². The molecular weight excluding hydrogens is 450 g/mol. The Kier molecular flexibility index (Phi) is 7.29. The number of nitrogens with zero attached hydrogens (tertiary/aromatic N) is 1. The van der Waals surface area contributed by atoms with Crippen molar-refractivity contribution in [1.29, 1.82) is 0 Å². The average Bonchev–Trinajstić information content (AvgIpc) is 3.63. The van der Waals surface area contributed by atoms with Gasteiger partial charge in [-0.3, -0.25) is 4.79 Å². The van der Waals surface area contributed by atoms with E-state index in [1.165, 1.54) is 0 Å². The fraction of sp³-hybridized carbons (Fsp3) is 0.308. The number of aryl methyl sites for hydroxylation is 3. The zero-order chi connectivity index (χ0) is 24.1. The van der Waals surface area contributed by atoms with Gasteiger partial charge < -0.3 is 10.1 Å². The van der Waals surface area contributed by atoms with Gasteiger partial charge in [0.25, 0.3) is 0 Å². The van der Waals surface area contributed by atoms with Gasteiger partial charge in [-0.1, -0.05) is 30.3 Å². The lowest BCUT2D eigenvalue weighted by molar-refractivity contribution is -0.121. The van der Waals surface area contributed by atoms with E-state index < -0.39 is 10.0 Å². The van der Waals surface area contributed by atoms with Crippen molar-refractivity contribution in [2.75, 3.05) is 0 Å². The first-order chi connectivity index (χ1) is 16.3. The lowest BCUT2D eigenvalue weighted by Crippen LogP contribution is -2.25. The van der Waals surface area contributed by atoms with Crippen LogP contribution in [0.1, 0.15) is 41.5 Å². The molecule has 4 rings (SSSR count). The molecule has 34 heavy (non-hydrogen) atoms. The van der Waals surface area contributed by atoms with Gasteiger partial charge in [0, 0.05) is 31.3 Å². The molecule has 0 radical (unpaired) electrons. The number of amides is 1. The third-order valence-electron chi connectivity index (χ3n) is 5.62. The first kappa shape index (κ1) is 23.9. The molecule has 7 nitrogen and oxygen atoms in total. The van der Waals surface area contributed by atoms with Crippen LogP contribution in [-0.2, 0) is 27.8 Å². The van der Waals surface area contributed by atoms with E-state index in [0.717, 1.165) is 40.8 Å². The number of sulfonamides is 1. The summed E-state index contributed by atoms with van der Waals surface area (Å²) in [5.74, 6) is 1.20. The summed E-state index contributed by atoms with van der Waals surface area (Å²) in [7, 11) is -3.45. The van der Waals surface area contributed by atoms with Crippen LogP contribution in [0, 0.1) is 13.8 Å². The molecule has 3 aromatic rings. The fourth-order valence-electron chi connectivity index (χ4n) is 3.38. The van der Waals surface area contributed by atoms with Crippen LogP contribution < -0.4 is 14.8 Å². The molecule has 1 aromatic heterocycles. The van der Waals surface area contributed by atoms with Gasteiger partial charge in [-0.05, 0) is 73.6 Å². The number of hydrogen-bond acceptors (Lipinski definition) is 5. The fourth-order valence-corrected chi connectivity index (χ4v) is 4.68. The van der Waals surface area contributed by atoms with Crippen LogP contribution in [-0.4, -0.2) is 25.4 Å². The smallest absolute Gasteiger partial charge is 0.240 e.